The lowest BCUT2D eigenvalue weighted by molar-refractivity contribution is -0.116. The van der Waals surface area contributed by atoms with Crippen LogP contribution in [0.2, 0.25) is 5.02 Å². The molecular formula is C22H16ClF2N3O. The second-order valence-corrected chi connectivity index (χ2v) is 7.10. The maximum absolute atomic E-state index is 14.8. The van der Waals surface area contributed by atoms with E-state index in [4.69, 9.17) is 11.6 Å². The van der Waals surface area contributed by atoms with Crippen molar-refractivity contribution < 1.29 is 13.6 Å². The van der Waals surface area contributed by atoms with Crippen molar-refractivity contribution in [3.05, 3.63) is 82.8 Å². The summed E-state index contributed by atoms with van der Waals surface area (Å²) in [5.41, 5.74) is 2.57. The molecule has 1 amide bonds. The summed E-state index contributed by atoms with van der Waals surface area (Å²) in [6, 6.07) is 8.95. The Kier molecular flexibility index (Phi) is 5.36. The normalized spacial score (nSPS) is 16.0. The average Bonchev–Trinajstić information content (AvgIpc) is 2.70. The fourth-order valence-electron chi connectivity index (χ4n) is 3.24. The minimum atomic E-state index is -0.518. The quantitative estimate of drug-likeness (QED) is 0.564. The van der Waals surface area contributed by atoms with Gasteiger partial charge in [0.2, 0.25) is 5.91 Å². The molecular weight excluding hydrogens is 396 g/mol. The fraction of sp³-hybridized carbons (Fsp3) is 0.136. The number of rotatable bonds is 1. The highest BCUT2D eigenvalue weighted by molar-refractivity contribution is 6.30. The number of nitrogens with zero attached hydrogens (tertiary/aromatic N) is 2. The predicted molar refractivity (Wildman–Crippen MR) is 108 cm³/mol. The number of allylic oxidation sites excluding steroid dienone is 1. The van der Waals surface area contributed by atoms with E-state index >= 15 is 0 Å². The van der Waals surface area contributed by atoms with Crippen LogP contribution in [-0.4, -0.2) is 15.9 Å². The maximum Gasteiger partial charge on any atom is 0.224 e. The van der Waals surface area contributed by atoms with Crippen LogP contribution in [0.4, 0.5) is 14.5 Å². The van der Waals surface area contributed by atoms with Crippen molar-refractivity contribution in [1.29, 1.82) is 0 Å². The third kappa shape index (κ3) is 4.17. The molecule has 3 aromatic rings. The molecule has 0 atom stereocenters. The summed E-state index contributed by atoms with van der Waals surface area (Å²) in [5.74, 6) is -1.18. The molecule has 0 saturated heterocycles. The number of amides is 1. The summed E-state index contributed by atoms with van der Waals surface area (Å²) in [7, 11) is 0. The van der Waals surface area contributed by atoms with Crippen LogP contribution in [0.15, 0.2) is 54.9 Å². The molecule has 4 rings (SSSR count). The van der Waals surface area contributed by atoms with E-state index in [9.17, 15) is 13.6 Å². The first-order chi connectivity index (χ1) is 14.0. The zero-order valence-electron chi connectivity index (χ0n) is 15.3. The van der Waals surface area contributed by atoms with Crippen molar-refractivity contribution in [2.45, 2.75) is 19.3 Å². The van der Waals surface area contributed by atoms with Crippen LogP contribution in [0.1, 0.15) is 30.5 Å². The lowest BCUT2D eigenvalue weighted by Crippen LogP contribution is -2.12. The van der Waals surface area contributed by atoms with Crippen LogP contribution in [0.3, 0.4) is 0 Å². The van der Waals surface area contributed by atoms with Gasteiger partial charge in [0.05, 0.1) is 28.3 Å². The van der Waals surface area contributed by atoms with Gasteiger partial charge >= 0.3 is 0 Å². The Morgan fingerprint density at radius 3 is 2.59 bits per heavy atom. The van der Waals surface area contributed by atoms with E-state index in [0.717, 1.165) is 6.20 Å². The van der Waals surface area contributed by atoms with Crippen LogP contribution >= 0.6 is 11.6 Å². The number of nitrogens with one attached hydrogen (secondary N) is 1. The minimum absolute atomic E-state index is 0.180. The molecule has 2 aromatic heterocycles. The highest BCUT2D eigenvalue weighted by atomic mass is 35.5. The largest absolute Gasteiger partial charge is 0.325 e. The molecule has 3 heterocycles. The average molecular weight is 412 g/mol. The Bertz CT molecular complexity index is 1110. The molecule has 1 N–H and O–H groups in total. The van der Waals surface area contributed by atoms with Gasteiger partial charge in [-0.25, -0.2) is 8.78 Å². The highest BCUT2D eigenvalue weighted by Gasteiger charge is 2.18. The fourth-order valence-corrected chi connectivity index (χ4v) is 3.35. The smallest absolute Gasteiger partial charge is 0.224 e. The summed E-state index contributed by atoms with van der Waals surface area (Å²) in [5, 5.41) is 3.26. The van der Waals surface area contributed by atoms with E-state index in [1.54, 1.807) is 18.2 Å². The van der Waals surface area contributed by atoms with Gasteiger partial charge in [0, 0.05) is 29.3 Å². The van der Waals surface area contributed by atoms with Gasteiger partial charge in [0.1, 0.15) is 11.6 Å². The van der Waals surface area contributed by atoms with Crippen molar-refractivity contribution in [3.63, 3.8) is 0 Å². The zero-order valence-corrected chi connectivity index (χ0v) is 16.0. The standard InChI is InChI=1S/C22H16ClF2N3O/c23-13-5-7-19(26-11-13)15-3-1-2-4-22(29)28-20-8-6-14(24)9-17(20)21-10-16(15)18(25)12-27-21/h3,5-12H,1-2,4H2,(H,28,29)/b15-3+. The van der Waals surface area contributed by atoms with E-state index in [1.165, 1.54) is 24.4 Å². The van der Waals surface area contributed by atoms with Gasteiger partial charge in [-0.1, -0.05) is 17.7 Å². The number of hydrogen-bond donors (Lipinski definition) is 1. The minimum Gasteiger partial charge on any atom is -0.325 e. The number of hydrogen-bond acceptors (Lipinski definition) is 3. The molecule has 7 heteroatoms. The molecule has 1 aliphatic rings. The van der Waals surface area contributed by atoms with Crippen molar-refractivity contribution in [3.8, 4) is 11.3 Å². The summed E-state index contributed by atoms with van der Waals surface area (Å²) in [6.45, 7) is 0. The summed E-state index contributed by atoms with van der Waals surface area (Å²) >= 11 is 5.94. The Morgan fingerprint density at radius 2 is 1.79 bits per heavy atom. The van der Waals surface area contributed by atoms with Gasteiger partial charge in [-0.15, -0.1) is 0 Å². The van der Waals surface area contributed by atoms with Crippen LogP contribution in [0.5, 0.6) is 0 Å². The van der Waals surface area contributed by atoms with E-state index in [1.807, 2.05) is 6.08 Å². The van der Waals surface area contributed by atoms with Crippen molar-refractivity contribution >= 4 is 28.8 Å². The monoisotopic (exact) mass is 411 g/mol. The summed E-state index contributed by atoms with van der Waals surface area (Å²) < 4.78 is 28.7. The summed E-state index contributed by atoms with van der Waals surface area (Å²) in [6.07, 6.45) is 5.83. The number of carbonyl (C=O) groups excluding carboxylic acids is 1. The SMILES string of the molecule is O=C1CCC/C=C(/c2ccc(Cl)cn2)c2cc(ncc2F)-c2cc(F)ccc2N1. The van der Waals surface area contributed by atoms with E-state index in [-0.39, 0.29) is 12.3 Å². The maximum atomic E-state index is 14.8. The molecule has 1 aromatic carbocycles. The Balaban J connectivity index is 1.93. The molecule has 0 fully saturated rings. The molecule has 0 unspecified atom stereocenters. The van der Waals surface area contributed by atoms with E-state index in [0.29, 0.717) is 51.6 Å². The molecule has 0 radical (unpaired) electrons. The molecule has 29 heavy (non-hydrogen) atoms. The third-order valence-corrected chi connectivity index (χ3v) is 4.86. The second kappa shape index (κ2) is 8.09. The van der Waals surface area contributed by atoms with Crippen LogP contribution in [0.25, 0.3) is 16.8 Å². The topological polar surface area (TPSA) is 54.9 Å². The molecule has 0 spiro atoms. The second-order valence-electron chi connectivity index (χ2n) is 6.66. The summed E-state index contributed by atoms with van der Waals surface area (Å²) in [4.78, 5) is 20.7. The Hall–Kier alpha value is -3.12. The first-order valence-corrected chi connectivity index (χ1v) is 9.47. The molecule has 0 saturated carbocycles. The lowest BCUT2D eigenvalue weighted by Gasteiger charge is -2.15. The van der Waals surface area contributed by atoms with E-state index in [2.05, 4.69) is 15.3 Å². The van der Waals surface area contributed by atoms with E-state index < -0.39 is 11.6 Å². The Morgan fingerprint density at radius 1 is 0.966 bits per heavy atom. The molecule has 146 valence electrons. The molecule has 1 aliphatic heterocycles. The Labute approximate surface area is 171 Å². The van der Waals surface area contributed by atoms with Gasteiger partial charge < -0.3 is 5.32 Å². The first-order valence-electron chi connectivity index (χ1n) is 9.09. The van der Waals surface area contributed by atoms with Crippen molar-refractivity contribution in [2.24, 2.45) is 0 Å². The number of halogens is 3. The highest BCUT2D eigenvalue weighted by Crippen LogP contribution is 2.33. The van der Waals surface area contributed by atoms with Crippen molar-refractivity contribution in [1.82, 2.24) is 9.97 Å². The molecule has 4 nitrogen and oxygen atoms in total. The van der Waals surface area contributed by atoms with Crippen LogP contribution < -0.4 is 5.32 Å². The van der Waals surface area contributed by atoms with Gasteiger partial charge in [0.15, 0.2) is 0 Å². The number of pyridine rings is 2. The van der Waals surface area contributed by atoms with Crippen LogP contribution in [-0.2, 0) is 4.79 Å². The number of fused-ring (bicyclic) bond motifs is 4. The number of carbonyl (C=O) groups is 1. The first kappa shape index (κ1) is 19.2. The number of aromatic nitrogens is 2. The lowest BCUT2D eigenvalue weighted by atomic mass is 9.97. The van der Waals surface area contributed by atoms with Gasteiger partial charge in [-0.3, -0.25) is 14.8 Å². The molecule has 0 aliphatic carbocycles. The third-order valence-electron chi connectivity index (χ3n) is 4.64. The number of benzene rings is 1. The van der Waals surface area contributed by atoms with Crippen LogP contribution in [0, 0.1) is 11.6 Å². The van der Waals surface area contributed by atoms with Crippen molar-refractivity contribution in [2.75, 3.05) is 5.32 Å². The molecule has 2 bridgehead atoms. The zero-order chi connectivity index (χ0) is 20.4. The van der Waals surface area contributed by atoms with Gasteiger partial charge in [-0.2, -0.15) is 0 Å². The number of anilines is 1. The van der Waals surface area contributed by atoms with Gasteiger partial charge in [-0.05, 0) is 49.2 Å². The van der Waals surface area contributed by atoms with Gasteiger partial charge in [0.25, 0.3) is 0 Å². The predicted octanol–water partition coefficient (Wildman–Crippen LogP) is 5.63.